The van der Waals surface area contributed by atoms with Crippen molar-refractivity contribution in [1.82, 2.24) is 19.7 Å². The molecule has 1 aromatic carbocycles. The lowest BCUT2D eigenvalue weighted by molar-refractivity contribution is -0.127. The van der Waals surface area contributed by atoms with Gasteiger partial charge in [-0.15, -0.1) is 10.2 Å². The summed E-state index contributed by atoms with van der Waals surface area (Å²) in [4.78, 5) is 15.0. The van der Waals surface area contributed by atoms with Crippen LogP contribution in [0.1, 0.15) is 37.3 Å². The third kappa shape index (κ3) is 5.75. The van der Waals surface area contributed by atoms with Crippen LogP contribution in [0.15, 0.2) is 64.0 Å². The van der Waals surface area contributed by atoms with E-state index in [9.17, 15) is 4.79 Å². The summed E-state index contributed by atoms with van der Waals surface area (Å²) in [5.74, 6) is 2.45. The van der Waals surface area contributed by atoms with Gasteiger partial charge in [0.2, 0.25) is 5.91 Å². The summed E-state index contributed by atoms with van der Waals surface area (Å²) < 4.78 is 13.1. The minimum absolute atomic E-state index is 0.0292. The average molecular weight is 473 g/mol. The molecule has 1 aliphatic rings. The molecule has 7 nitrogen and oxygen atoms in total. The zero-order chi connectivity index (χ0) is 22.3. The summed E-state index contributed by atoms with van der Waals surface area (Å²) in [7, 11) is 1.87. The monoisotopic (exact) mass is 472 g/mol. The van der Waals surface area contributed by atoms with E-state index >= 15 is 0 Å². The minimum Gasteiger partial charge on any atom is -0.486 e. The molecule has 32 heavy (non-hydrogen) atoms. The van der Waals surface area contributed by atoms with Crippen molar-refractivity contribution in [3.63, 3.8) is 0 Å². The number of amides is 1. The van der Waals surface area contributed by atoms with Gasteiger partial charge >= 0.3 is 0 Å². The van der Waals surface area contributed by atoms with Crippen LogP contribution in [0.2, 0.25) is 5.02 Å². The highest BCUT2D eigenvalue weighted by atomic mass is 35.5. The highest BCUT2D eigenvalue weighted by Gasteiger charge is 2.22. The molecule has 0 spiro atoms. The smallest absolute Gasteiger partial charge is 0.237 e. The first-order valence-electron chi connectivity index (χ1n) is 10.5. The standard InChI is InChI=1S/C23H25ClN4O3S/c1-27-21(15-31-19-11-9-17(24)10-12-19)25-26-23(27)32-16-22(29)28(14-20-8-5-13-30-20)18-6-3-2-4-7-18/h5-6,8-13H,2-4,7,14-16H2,1H3. The van der Waals surface area contributed by atoms with Crippen LogP contribution in [0.3, 0.4) is 0 Å². The molecule has 0 unspecified atom stereocenters. The molecule has 0 fully saturated rings. The predicted octanol–water partition coefficient (Wildman–Crippen LogP) is 5.22. The molecule has 0 radical (unpaired) electrons. The number of allylic oxidation sites excluding steroid dienone is 2. The predicted molar refractivity (Wildman–Crippen MR) is 123 cm³/mol. The first kappa shape index (κ1) is 22.5. The molecule has 3 aromatic rings. The number of furan rings is 1. The number of carbonyl (C=O) groups excluding carboxylic acids is 1. The maximum Gasteiger partial charge on any atom is 0.237 e. The Morgan fingerprint density at radius 3 is 2.81 bits per heavy atom. The van der Waals surface area contributed by atoms with Crippen LogP contribution in [0.5, 0.6) is 5.75 Å². The van der Waals surface area contributed by atoms with Crippen LogP contribution < -0.4 is 4.74 Å². The van der Waals surface area contributed by atoms with Gasteiger partial charge in [-0.05, 0) is 62.1 Å². The van der Waals surface area contributed by atoms with Crippen LogP contribution in [0.25, 0.3) is 0 Å². The van der Waals surface area contributed by atoms with Crippen molar-refractivity contribution < 1.29 is 13.9 Å². The molecule has 1 aliphatic carbocycles. The number of rotatable bonds is 9. The Labute approximate surface area is 196 Å². The molecule has 1 amide bonds. The summed E-state index contributed by atoms with van der Waals surface area (Å²) in [6.07, 6.45) is 7.98. The number of aromatic nitrogens is 3. The fraction of sp³-hybridized carbons (Fsp3) is 0.348. The highest BCUT2D eigenvalue weighted by molar-refractivity contribution is 7.99. The molecule has 0 bridgehead atoms. The van der Waals surface area contributed by atoms with Crippen LogP contribution in [0.4, 0.5) is 0 Å². The molecular weight excluding hydrogens is 448 g/mol. The van der Waals surface area contributed by atoms with Crippen molar-refractivity contribution in [3.8, 4) is 5.75 Å². The number of hydrogen-bond acceptors (Lipinski definition) is 6. The highest BCUT2D eigenvalue weighted by Crippen LogP contribution is 2.25. The van der Waals surface area contributed by atoms with Crippen molar-refractivity contribution in [3.05, 3.63) is 71.0 Å². The van der Waals surface area contributed by atoms with Crippen molar-refractivity contribution >= 4 is 29.3 Å². The van der Waals surface area contributed by atoms with Gasteiger partial charge in [-0.25, -0.2) is 0 Å². The van der Waals surface area contributed by atoms with Gasteiger partial charge in [-0.3, -0.25) is 4.79 Å². The lowest BCUT2D eigenvalue weighted by Gasteiger charge is -2.27. The molecule has 9 heteroatoms. The minimum atomic E-state index is 0.0292. The van der Waals surface area contributed by atoms with E-state index in [1.54, 1.807) is 30.5 Å². The van der Waals surface area contributed by atoms with Crippen molar-refractivity contribution in [2.45, 2.75) is 44.0 Å². The third-order valence-electron chi connectivity index (χ3n) is 5.24. The Hall–Kier alpha value is -2.71. The van der Waals surface area contributed by atoms with Gasteiger partial charge in [-0.2, -0.15) is 0 Å². The van der Waals surface area contributed by atoms with E-state index in [-0.39, 0.29) is 18.3 Å². The molecule has 0 aliphatic heterocycles. The van der Waals surface area contributed by atoms with Crippen LogP contribution in [0, 0.1) is 0 Å². The van der Waals surface area contributed by atoms with E-state index in [0.717, 1.165) is 30.7 Å². The second-order valence-electron chi connectivity index (χ2n) is 7.49. The number of thioether (sulfide) groups is 1. The molecule has 4 rings (SSSR count). The molecule has 0 atom stereocenters. The summed E-state index contributed by atoms with van der Waals surface area (Å²) in [5, 5.41) is 9.77. The summed E-state index contributed by atoms with van der Waals surface area (Å²) in [6.45, 7) is 0.717. The van der Waals surface area contributed by atoms with Crippen molar-refractivity contribution in [2.75, 3.05) is 5.75 Å². The lowest BCUT2D eigenvalue weighted by Crippen LogP contribution is -2.32. The van der Waals surface area contributed by atoms with Crippen LogP contribution in [-0.2, 0) is 25.0 Å². The lowest BCUT2D eigenvalue weighted by atomic mass is 10.0. The van der Waals surface area contributed by atoms with Gasteiger partial charge < -0.3 is 18.6 Å². The van der Waals surface area contributed by atoms with E-state index in [2.05, 4.69) is 16.3 Å². The normalized spacial score (nSPS) is 13.6. The Morgan fingerprint density at radius 2 is 2.09 bits per heavy atom. The SMILES string of the molecule is Cn1c(COc2ccc(Cl)cc2)nnc1SCC(=O)N(Cc1ccco1)C1=CCCCC1. The molecule has 0 saturated carbocycles. The first-order chi connectivity index (χ1) is 15.6. The fourth-order valence-corrected chi connectivity index (χ4v) is 4.39. The maximum absolute atomic E-state index is 13.1. The number of carbonyl (C=O) groups is 1. The Bertz CT molecular complexity index is 1060. The van der Waals surface area contributed by atoms with Gasteiger partial charge in [0.1, 0.15) is 18.1 Å². The molecule has 0 N–H and O–H groups in total. The number of benzene rings is 1. The summed E-state index contributed by atoms with van der Waals surface area (Å²) in [6, 6.07) is 10.9. The second-order valence-corrected chi connectivity index (χ2v) is 8.87. The Balaban J connectivity index is 1.37. The van der Waals surface area contributed by atoms with E-state index in [1.165, 1.54) is 18.2 Å². The summed E-state index contributed by atoms with van der Waals surface area (Å²) in [5.41, 5.74) is 1.08. The van der Waals surface area contributed by atoms with Gasteiger partial charge in [0.05, 0.1) is 18.6 Å². The molecule has 0 saturated heterocycles. The number of ether oxygens (including phenoxy) is 1. The summed E-state index contributed by atoms with van der Waals surface area (Å²) >= 11 is 7.28. The van der Waals surface area contributed by atoms with Crippen LogP contribution in [-0.4, -0.2) is 31.3 Å². The van der Waals surface area contributed by atoms with Gasteiger partial charge in [0, 0.05) is 17.8 Å². The first-order valence-corrected chi connectivity index (χ1v) is 11.9. The zero-order valence-corrected chi connectivity index (χ0v) is 19.4. The van der Waals surface area contributed by atoms with E-state index in [4.69, 9.17) is 20.8 Å². The van der Waals surface area contributed by atoms with Crippen molar-refractivity contribution in [1.29, 1.82) is 0 Å². The largest absolute Gasteiger partial charge is 0.486 e. The number of halogens is 1. The van der Waals surface area contributed by atoms with Crippen LogP contribution >= 0.6 is 23.4 Å². The van der Waals surface area contributed by atoms with Gasteiger partial charge in [0.15, 0.2) is 11.0 Å². The fourth-order valence-electron chi connectivity index (χ4n) is 3.45. The molecule has 168 valence electrons. The van der Waals surface area contributed by atoms with Crippen molar-refractivity contribution in [2.24, 2.45) is 7.05 Å². The maximum atomic E-state index is 13.1. The van der Waals surface area contributed by atoms with Gasteiger partial charge in [0.25, 0.3) is 0 Å². The topological polar surface area (TPSA) is 73.4 Å². The zero-order valence-electron chi connectivity index (χ0n) is 17.9. The quantitative estimate of drug-likeness (QED) is 0.397. The van der Waals surface area contributed by atoms with E-state index in [1.807, 2.05) is 28.6 Å². The molecule has 2 aromatic heterocycles. The average Bonchev–Trinajstić information content (AvgIpc) is 3.46. The number of hydrogen-bond donors (Lipinski definition) is 0. The Morgan fingerprint density at radius 1 is 1.25 bits per heavy atom. The molecule has 2 heterocycles. The Kier molecular flexibility index (Phi) is 7.55. The molecular formula is C23H25ClN4O3S. The second kappa shape index (κ2) is 10.7. The number of nitrogens with zero attached hydrogens (tertiary/aromatic N) is 4. The third-order valence-corrected chi connectivity index (χ3v) is 6.50. The van der Waals surface area contributed by atoms with E-state index < -0.39 is 0 Å². The van der Waals surface area contributed by atoms with Gasteiger partial charge in [-0.1, -0.05) is 29.4 Å². The van der Waals surface area contributed by atoms with E-state index in [0.29, 0.717) is 28.3 Å².